The second kappa shape index (κ2) is 15.2. The third kappa shape index (κ3) is 10.1. The van der Waals surface area contributed by atoms with Gasteiger partial charge >= 0.3 is 12.1 Å². The molecule has 0 bridgehead atoms. The summed E-state index contributed by atoms with van der Waals surface area (Å²) in [5.74, 6) is -0.533. The van der Waals surface area contributed by atoms with Crippen LogP contribution in [0.15, 0.2) is 47.3 Å². The van der Waals surface area contributed by atoms with Gasteiger partial charge in [-0.15, -0.1) is 11.3 Å². The van der Waals surface area contributed by atoms with E-state index < -0.39 is 11.7 Å². The molecule has 2 aromatic heterocycles. The van der Waals surface area contributed by atoms with Crippen molar-refractivity contribution in [2.45, 2.75) is 52.7 Å². The summed E-state index contributed by atoms with van der Waals surface area (Å²) in [6.07, 6.45) is 1.85. The number of hydrogen-bond acceptors (Lipinski definition) is 8. The molecule has 0 saturated carbocycles. The topological polar surface area (TPSA) is 113 Å². The Morgan fingerprint density at radius 1 is 1.11 bits per heavy atom. The van der Waals surface area contributed by atoms with E-state index in [1.54, 1.807) is 62.4 Å². The zero-order valence-electron chi connectivity index (χ0n) is 25.7. The Hall–Kier alpha value is -3.87. The van der Waals surface area contributed by atoms with Crippen LogP contribution in [0, 0.1) is 12.7 Å². The van der Waals surface area contributed by atoms with Gasteiger partial charge in [0.05, 0.1) is 18.9 Å². The number of amides is 3. The number of carbonyl (C=O) groups is 3. The average molecular weight is 626 g/mol. The highest BCUT2D eigenvalue weighted by Crippen LogP contribution is 2.24. The van der Waals surface area contributed by atoms with E-state index in [0.717, 1.165) is 31.6 Å². The first-order valence-electron chi connectivity index (χ1n) is 14.6. The Balaban J connectivity index is 1.39. The van der Waals surface area contributed by atoms with Crippen LogP contribution in [0.4, 0.5) is 25.4 Å². The zero-order valence-corrected chi connectivity index (χ0v) is 26.5. The molecule has 1 fully saturated rings. The Bertz CT molecular complexity index is 1430. The Morgan fingerprint density at radius 3 is 2.57 bits per heavy atom. The molecule has 1 aliphatic heterocycles. The number of anilines is 2. The lowest BCUT2D eigenvalue weighted by molar-refractivity contribution is 0.0365. The standard InChI is InChI=1S/C32H40FN5O5S/c1-22-16-25(7-8-26(22)33)35-30(40)38(11-5-10-37-12-14-42-15-13-37)19-23-6-9-27(34-18-23)29(39)17-24-20-44-21-28(24)36-31(41)43-32(2,3)4/h6-9,16,18,20-21H,5,10-15,17,19H2,1-4H3,(H,35,40)(H,36,41). The molecule has 0 atom stereocenters. The van der Waals surface area contributed by atoms with E-state index in [9.17, 15) is 18.8 Å². The van der Waals surface area contributed by atoms with Gasteiger partial charge in [0.15, 0.2) is 5.78 Å². The third-order valence-electron chi connectivity index (χ3n) is 6.92. The number of aryl methyl sites for hydroxylation is 1. The molecule has 236 valence electrons. The normalized spacial score (nSPS) is 13.8. The number of rotatable bonds is 11. The summed E-state index contributed by atoms with van der Waals surface area (Å²) < 4.78 is 24.5. The van der Waals surface area contributed by atoms with E-state index in [1.165, 1.54) is 23.5 Å². The van der Waals surface area contributed by atoms with Crippen molar-refractivity contribution in [2.24, 2.45) is 0 Å². The summed E-state index contributed by atoms with van der Waals surface area (Å²) in [6, 6.07) is 7.61. The highest BCUT2D eigenvalue weighted by atomic mass is 32.1. The molecule has 0 radical (unpaired) electrons. The van der Waals surface area contributed by atoms with E-state index in [0.29, 0.717) is 42.3 Å². The van der Waals surface area contributed by atoms with Crippen molar-refractivity contribution < 1.29 is 28.2 Å². The molecular weight excluding hydrogens is 585 g/mol. The number of nitrogens with zero attached hydrogens (tertiary/aromatic N) is 3. The number of Topliss-reactive ketones (excluding diaryl/α,β-unsaturated/α-hetero) is 1. The number of morpholine rings is 1. The van der Waals surface area contributed by atoms with Crippen LogP contribution in [0.2, 0.25) is 0 Å². The van der Waals surface area contributed by atoms with Gasteiger partial charge in [-0.25, -0.2) is 14.0 Å². The minimum Gasteiger partial charge on any atom is -0.444 e. The number of urea groups is 1. The van der Waals surface area contributed by atoms with E-state index in [1.807, 2.05) is 5.38 Å². The third-order valence-corrected chi connectivity index (χ3v) is 7.71. The highest BCUT2D eigenvalue weighted by molar-refractivity contribution is 7.08. The van der Waals surface area contributed by atoms with Crippen LogP contribution in [0.1, 0.15) is 54.4 Å². The largest absolute Gasteiger partial charge is 0.444 e. The SMILES string of the molecule is Cc1cc(NC(=O)N(CCCN2CCOCC2)Cc2ccc(C(=O)Cc3cscc3NC(=O)OC(C)(C)C)nc2)ccc1F. The summed E-state index contributed by atoms with van der Waals surface area (Å²) in [5, 5.41) is 9.16. The first-order valence-corrected chi connectivity index (χ1v) is 15.6. The number of ether oxygens (including phenoxy) is 2. The summed E-state index contributed by atoms with van der Waals surface area (Å²) in [7, 11) is 0. The number of carbonyl (C=O) groups excluding carboxylic acids is 3. The summed E-state index contributed by atoms with van der Waals surface area (Å²) in [5.41, 5.74) is 2.58. The lowest BCUT2D eigenvalue weighted by atomic mass is 10.1. The molecule has 2 N–H and O–H groups in total. The lowest BCUT2D eigenvalue weighted by Gasteiger charge is -2.28. The van der Waals surface area contributed by atoms with E-state index in [2.05, 4.69) is 20.5 Å². The van der Waals surface area contributed by atoms with Crippen LogP contribution in [0.5, 0.6) is 0 Å². The first-order chi connectivity index (χ1) is 21.0. The molecule has 1 saturated heterocycles. The van der Waals surface area contributed by atoms with E-state index in [-0.39, 0.29) is 36.3 Å². The number of pyridine rings is 1. The predicted octanol–water partition coefficient (Wildman–Crippen LogP) is 6.12. The van der Waals surface area contributed by atoms with Crippen molar-refractivity contribution in [3.8, 4) is 0 Å². The van der Waals surface area contributed by atoms with Gasteiger partial charge in [-0.1, -0.05) is 6.07 Å². The monoisotopic (exact) mass is 625 g/mol. The number of hydrogen-bond donors (Lipinski definition) is 2. The fourth-order valence-electron chi connectivity index (χ4n) is 4.64. The van der Waals surface area contributed by atoms with Crippen LogP contribution in [0.25, 0.3) is 0 Å². The zero-order chi connectivity index (χ0) is 31.7. The molecule has 0 spiro atoms. The van der Waals surface area contributed by atoms with Crippen LogP contribution in [0.3, 0.4) is 0 Å². The smallest absolute Gasteiger partial charge is 0.412 e. The molecule has 4 rings (SSSR count). The van der Waals surface area contributed by atoms with Gasteiger partial charge in [0.25, 0.3) is 0 Å². The Morgan fingerprint density at radius 2 is 1.89 bits per heavy atom. The van der Waals surface area contributed by atoms with Crippen molar-refractivity contribution in [2.75, 3.05) is 50.0 Å². The number of thiophene rings is 1. The highest BCUT2D eigenvalue weighted by Gasteiger charge is 2.20. The predicted molar refractivity (Wildman–Crippen MR) is 169 cm³/mol. The molecule has 1 aromatic carbocycles. The van der Waals surface area contributed by atoms with E-state index in [4.69, 9.17) is 9.47 Å². The molecule has 12 heteroatoms. The Labute approximate surface area is 261 Å². The molecule has 0 unspecified atom stereocenters. The first kappa shape index (κ1) is 33.0. The summed E-state index contributed by atoms with van der Waals surface area (Å²) in [6.45, 7) is 11.8. The van der Waals surface area contributed by atoms with Crippen molar-refractivity contribution in [1.82, 2.24) is 14.8 Å². The van der Waals surface area contributed by atoms with Gasteiger partial charge in [0.2, 0.25) is 0 Å². The maximum Gasteiger partial charge on any atom is 0.412 e. The molecule has 1 aliphatic rings. The molecule has 3 aromatic rings. The van der Waals surface area contributed by atoms with E-state index >= 15 is 0 Å². The maximum atomic E-state index is 13.8. The van der Waals surface area contributed by atoms with Crippen molar-refractivity contribution >= 4 is 40.6 Å². The summed E-state index contributed by atoms with van der Waals surface area (Å²) >= 11 is 1.38. The number of nitrogens with one attached hydrogen (secondary N) is 2. The van der Waals surface area contributed by atoms with Crippen LogP contribution < -0.4 is 10.6 Å². The molecule has 3 heterocycles. The number of ketones is 1. The molecule has 10 nitrogen and oxygen atoms in total. The number of halogens is 1. The maximum absolute atomic E-state index is 13.8. The molecular formula is C32H40FN5O5S. The lowest BCUT2D eigenvalue weighted by Crippen LogP contribution is -2.40. The molecule has 3 amide bonds. The average Bonchev–Trinajstić information content (AvgIpc) is 3.40. The van der Waals surface area contributed by atoms with Crippen LogP contribution in [-0.4, -0.2) is 77.7 Å². The second-order valence-corrected chi connectivity index (χ2v) is 12.5. The van der Waals surface area contributed by atoms with Gasteiger partial charge in [-0.2, -0.15) is 0 Å². The fourth-order valence-corrected chi connectivity index (χ4v) is 5.43. The molecule has 44 heavy (non-hydrogen) atoms. The van der Waals surface area contributed by atoms with Gasteiger partial charge < -0.3 is 19.7 Å². The molecule has 0 aliphatic carbocycles. The summed E-state index contributed by atoms with van der Waals surface area (Å²) in [4.78, 5) is 47.0. The minimum atomic E-state index is -0.638. The number of aromatic nitrogens is 1. The minimum absolute atomic E-state index is 0.0636. The number of benzene rings is 1. The van der Waals surface area contributed by atoms with Crippen molar-refractivity contribution in [1.29, 1.82) is 0 Å². The Kier molecular flexibility index (Phi) is 11.4. The second-order valence-electron chi connectivity index (χ2n) is 11.7. The van der Waals surface area contributed by atoms with Gasteiger partial charge in [-0.05, 0) is 80.5 Å². The van der Waals surface area contributed by atoms with Gasteiger partial charge in [-0.3, -0.25) is 20.0 Å². The van der Waals surface area contributed by atoms with Crippen LogP contribution in [-0.2, 0) is 22.4 Å². The van der Waals surface area contributed by atoms with Crippen molar-refractivity contribution in [3.05, 3.63) is 75.5 Å². The van der Waals surface area contributed by atoms with Crippen molar-refractivity contribution in [3.63, 3.8) is 0 Å². The van der Waals surface area contributed by atoms with Crippen LogP contribution >= 0.6 is 11.3 Å². The fraction of sp³-hybridized carbons (Fsp3) is 0.438. The van der Waals surface area contributed by atoms with Gasteiger partial charge in [0, 0.05) is 56.4 Å². The van der Waals surface area contributed by atoms with Gasteiger partial charge in [0.1, 0.15) is 17.1 Å². The quantitative estimate of drug-likeness (QED) is 0.247.